The normalized spacial score (nSPS) is 16.6. The summed E-state index contributed by atoms with van der Waals surface area (Å²) in [6.45, 7) is 0. The molecule has 1 unspecified atom stereocenters. The fourth-order valence-corrected chi connectivity index (χ4v) is 2.46. The molecule has 1 aliphatic heterocycles. The molecule has 6 heteroatoms. The quantitative estimate of drug-likeness (QED) is 0.915. The Morgan fingerprint density at radius 3 is 2.67 bits per heavy atom. The van der Waals surface area contributed by atoms with Crippen LogP contribution in [0.5, 0.6) is 0 Å². The molecule has 21 heavy (non-hydrogen) atoms. The summed E-state index contributed by atoms with van der Waals surface area (Å²) in [5, 5.41) is 9.32. The summed E-state index contributed by atoms with van der Waals surface area (Å²) < 4.78 is 12.9. The Labute approximate surface area is 119 Å². The first-order valence-corrected chi connectivity index (χ1v) is 6.34. The second kappa shape index (κ2) is 4.97. The minimum Gasteiger partial charge on any atom is -0.480 e. The van der Waals surface area contributed by atoms with Crippen molar-refractivity contribution < 1.29 is 19.1 Å². The third-order valence-electron chi connectivity index (χ3n) is 3.43. The van der Waals surface area contributed by atoms with E-state index in [0.29, 0.717) is 5.69 Å². The predicted octanol–water partition coefficient (Wildman–Crippen LogP) is 1.88. The van der Waals surface area contributed by atoms with Gasteiger partial charge in [-0.25, -0.2) is 14.2 Å². The Balaban J connectivity index is 2.03. The topological polar surface area (TPSA) is 70.5 Å². The summed E-state index contributed by atoms with van der Waals surface area (Å²) in [6.07, 6.45) is 1.18. The maximum Gasteiger partial charge on any atom is 0.327 e. The number of amides is 1. The number of rotatable bonds is 2. The standard InChI is InChI=1S/C15H11FN2O3/c16-10-5-6-11(17-8-10)14(19)18-12-4-2-1-3-9(12)7-13(18)15(20)21/h1-6,8,13H,7H2,(H,20,21). The van der Waals surface area contributed by atoms with E-state index < -0.39 is 23.7 Å². The number of aromatic nitrogens is 1. The van der Waals surface area contributed by atoms with Crippen LogP contribution in [-0.2, 0) is 11.2 Å². The van der Waals surface area contributed by atoms with Gasteiger partial charge in [0.05, 0.1) is 6.20 Å². The number of carbonyl (C=O) groups is 2. The number of hydrogen-bond acceptors (Lipinski definition) is 3. The summed E-state index contributed by atoms with van der Waals surface area (Å²) in [5.74, 6) is -2.18. The number of anilines is 1. The third-order valence-corrected chi connectivity index (χ3v) is 3.43. The molecule has 0 spiro atoms. The van der Waals surface area contributed by atoms with Crippen molar-refractivity contribution in [3.63, 3.8) is 0 Å². The van der Waals surface area contributed by atoms with Crippen molar-refractivity contribution in [2.75, 3.05) is 4.90 Å². The van der Waals surface area contributed by atoms with Gasteiger partial charge in [-0.05, 0) is 23.8 Å². The van der Waals surface area contributed by atoms with Gasteiger partial charge in [0.2, 0.25) is 0 Å². The van der Waals surface area contributed by atoms with Crippen molar-refractivity contribution in [3.05, 3.63) is 59.7 Å². The molecule has 0 fully saturated rings. The molecular weight excluding hydrogens is 275 g/mol. The summed E-state index contributed by atoms with van der Waals surface area (Å²) in [5.41, 5.74) is 1.36. The molecule has 2 heterocycles. The average Bonchev–Trinajstić information content (AvgIpc) is 2.87. The molecule has 5 nitrogen and oxygen atoms in total. The van der Waals surface area contributed by atoms with Crippen molar-refractivity contribution in [3.8, 4) is 0 Å². The Kier molecular flexibility index (Phi) is 3.13. The van der Waals surface area contributed by atoms with Gasteiger partial charge in [0.1, 0.15) is 17.6 Å². The van der Waals surface area contributed by atoms with Gasteiger partial charge >= 0.3 is 5.97 Å². The number of benzene rings is 1. The maximum atomic E-state index is 12.9. The number of carboxylic acid groups (broad SMARTS) is 1. The number of hydrogen-bond donors (Lipinski definition) is 1. The Hall–Kier alpha value is -2.76. The molecule has 0 aliphatic carbocycles. The van der Waals surface area contributed by atoms with E-state index in [-0.39, 0.29) is 12.1 Å². The van der Waals surface area contributed by atoms with Crippen molar-refractivity contribution in [1.29, 1.82) is 0 Å². The van der Waals surface area contributed by atoms with Crippen LogP contribution in [0.2, 0.25) is 0 Å². The van der Waals surface area contributed by atoms with E-state index in [1.165, 1.54) is 11.0 Å². The lowest BCUT2D eigenvalue weighted by Crippen LogP contribution is -2.43. The molecule has 2 aromatic rings. The molecular formula is C15H11FN2O3. The molecule has 0 radical (unpaired) electrons. The van der Waals surface area contributed by atoms with Crippen LogP contribution in [-0.4, -0.2) is 28.0 Å². The second-order valence-electron chi connectivity index (χ2n) is 4.72. The van der Waals surface area contributed by atoms with Gasteiger partial charge in [0.25, 0.3) is 5.91 Å². The molecule has 0 saturated carbocycles. The van der Waals surface area contributed by atoms with Gasteiger partial charge in [-0.1, -0.05) is 18.2 Å². The summed E-state index contributed by atoms with van der Waals surface area (Å²) in [7, 11) is 0. The molecule has 1 atom stereocenters. The van der Waals surface area contributed by atoms with Crippen LogP contribution in [0.1, 0.15) is 16.1 Å². The first kappa shape index (κ1) is 13.2. The lowest BCUT2D eigenvalue weighted by Gasteiger charge is -2.22. The number of aliphatic carboxylic acids is 1. The van der Waals surface area contributed by atoms with Crippen LogP contribution >= 0.6 is 0 Å². The molecule has 106 valence electrons. The van der Waals surface area contributed by atoms with E-state index >= 15 is 0 Å². The number of para-hydroxylation sites is 1. The average molecular weight is 286 g/mol. The highest BCUT2D eigenvalue weighted by Gasteiger charge is 2.38. The summed E-state index contributed by atoms with van der Waals surface area (Å²) in [6, 6.07) is 8.41. The van der Waals surface area contributed by atoms with Crippen LogP contribution in [0.4, 0.5) is 10.1 Å². The van der Waals surface area contributed by atoms with Crippen LogP contribution in [0.15, 0.2) is 42.6 Å². The maximum absolute atomic E-state index is 12.9. The number of carbonyl (C=O) groups excluding carboxylic acids is 1. The zero-order chi connectivity index (χ0) is 15.0. The lowest BCUT2D eigenvalue weighted by molar-refractivity contribution is -0.138. The lowest BCUT2D eigenvalue weighted by atomic mass is 10.1. The van der Waals surface area contributed by atoms with Gasteiger partial charge in [-0.2, -0.15) is 0 Å². The van der Waals surface area contributed by atoms with Gasteiger partial charge in [-0.3, -0.25) is 9.69 Å². The van der Waals surface area contributed by atoms with Gasteiger partial charge in [0.15, 0.2) is 0 Å². The largest absolute Gasteiger partial charge is 0.480 e. The van der Waals surface area contributed by atoms with Crippen molar-refractivity contribution in [1.82, 2.24) is 4.98 Å². The number of carboxylic acids is 1. The van der Waals surface area contributed by atoms with Gasteiger partial charge in [0, 0.05) is 12.1 Å². The molecule has 1 aromatic carbocycles. The molecule has 1 aromatic heterocycles. The molecule has 1 aliphatic rings. The minimum atomic E-state index is -1.08. The fraction of sp³-hybridized carbons (Fsp3) is 0.133. The molecule has 0 saturated heterocycles. The number of pyridine rings is 1. The predicted molar refractivity (Wildman–Crippen MR) is 72.6 cm³/mol. The molecule has 0 bridgehead atoms. The van der Waals surface area contributed by atoms with Crippen molar-refractivity contribution in [2.24, 2.45) is 0 Å². The highest BCUT2D eigenvalue weighted by atomic mass is 19.1. The molecule has 1 amide bonds. The summed E-state index contributed by atoms with van der Waals surface area (Å²) in [4.78, 5) is 28.8. The Morgan fingerprint density at radius 2 is 2.00 bits per heavy atom. The number of fused-ring (bicyclic) bond motifs is 1. The summed E-state index contributed by atoms with van der Waals surface area (Å²) >= 11 is 0. The highest BCUT2D eigenvalue weighted by molar-refractivity contribution is 6.09. The van der Waals surface area contributed by atoms with Crippen LogP contribution in [0.25, 0.3) is 0 Å². The molecule has 3 rings (SSSR count). The second-order valence-corrected chi connectivity index (χ2v) is 4.72. The third kappa shape index (κ3) is 2.24. The fourth-order valence-electron chi connectivity index (χ4n) is 2.46. The highest BCUT2D eigenvalue weighted by Crippen LogP contribution is 2.33. The number of nitrogens with zero attached hydrogens (tertiary/aromatic N) is 2. The van der Waals surface area contributed by atoms with Gasteiger partial charge in [-0.15, -0.1) is 0 Å². The zero-order valence-corrected chi connectivity index (χ0v) is 10.9. The minimum absolute atomic E-state index is 0.0133. The van der Waals surface area contributed by atoms with Crippen LogP contribution in [0, 0.1) is 5.82 Å². The van der Waals surface area contributed by atoms with E-state index in [0.717, 1.165) is 17.8 Å². The SMILES string of the molecule is O=C(O)C1Cc2ccccc2N1C(=O)c1ccc(F)cn1. The van der Waals surface area contributed by atoms with Crippen LogP contribution in [0.3, 0.4) is 0 Å². The van der Waals surface area contributed by atoms with E-state index in [4.69, 9.17) is 0 Å². The van der Waals surface area contributed by atoms with Crippen LogP contribution < -0.4 is 4.90 Å². The Bertz CT molecular complexity index is 715. The number of halogens is 1. The van der Waals surface area contributed by atoms with E-state index in [2.05, 4.69) is 4.98 Å². The monoisotopic (exact) mass is 286 g/mol. The van der Waals surface area contributed by atoms with E-state index in [1.807, 2.05) is 0 Å². The van der Waals surface area contributed by atoms with E-state index in [9.17, 15) is 19.1 Å². The first-order valence-electron chi connectivity index (χ1n) is 6.34. The van der Waals surface area contributed by atoms with Gasteiger partial charge < -0.3 is 5.11 Å². The van der Waals surface area contributed by atoms with Crippen molar-refractivity contribution in [2.45, 2.75) is 12.5 Å². The molecule has 1 N–H and O–H groups in total. The smallest absolute Gasteiger partial charge is 0.327 e. The van der Waals surface area contributed by atoms with E-state index in [1.54, 1.807) is 24.3 Å². The zero-order valence-electron chi connectivity index (χ0n) is 10.9. The van der Waals surface area contributed by atoms with Crippen molar-refractivity contribution >= 4 is 17.6 Å². The first-order chi connectivity index (χ1) is 10.1. The Morgan fingerprint density at radius 1 is 1.24 bits per heavy atom.